The molecule has 2 aromatic rings. The van der Waals surface area contributed by atoms with E-state index in [0.717, 1.165) is 18.2 Å². The third kappa shape index (κ3) is 6.36. The molecule has 0 aliphatic carbocycles. The van der Waals surface area contributed by atoms with E-state index in [2.05, 4.69) is 0 Å². The van der Waals surface area contributed by atoms with Gasteiger partial charge in [0.25, 0.3) is 0 Å². The van der Waals surface area contributed by atoms with E-state index in [0.29, 0.717) is 18.4 Å². The first-order chi connectivity index (χ1) is 17.5. The lowest BCUT2D eigenvalue weighted by Crippen LogP contribution is -2.63. The van der Waals surface area contributed by atoms with E-state index in [1.165, 1.54) is 12.0 Å². The number of hydrogen-bond donors (Lipinski definition) is 1. The molecule has 3 rings (SSSR count). The van der Waals surface area contributed by atoms with Crippen molar-refractivity contribution in [2.45, 2.75) is 69.6 Å². The number of likely N-dealkylation sites (tertiary alicyclic amines) is 1. The van der Waals surface area contributed by atoms with Crippen molar-refractivity contribution in [1.82, 2.24) is 4.90 Å². The number of ether oxygens (including phenoxy) is 2. The Morgan fingerprint density at radius 2 is 1.66 bits per heavy atom. The van der Waals surface area contributed by atoms with Crippen LogP contribution in [0.15, 0.2) is 48.5 Å². The summed E-state index contributed by atoms with van der Waals surface area (Å²) in [5, 5.41) is 0. The van der Waals surface area contributed by atoms with Gasteiger partial charge in [0.2, 0.25) is 0 Å². The zero-order valence-electron chi connectivity index (χ0n) is 21.6. The minimum absolute atomic E-state index is 0.0376. The van der Waals surface area contributed by atoms with Crippen molar-refractivity contribution in [2.24, 2.45) is 11.7 Å². The van der Waals surface area contributed by atoms with Crippen molar-refractivity contribution in [3.8, 4) is 5.75 Å². The van der Waals surface area contributed by atoms with Crippen LogP contribution in [-0.4, -0.2) is 42.6 Å². The zero-order valence-corrected chi connectivity index (χ0v) is 21.6. The van der Waals surface area contributed by atoms with Gasteiger partial charge in [-0.2, -0.15) is 26.3 Å². The van der Waals surface area contributed by atoms with Gasteiger partial charge in [-0.25, -0.2) is 4.79 Å². The molecule has 1 fully saturated rings. The highest BCUT2D eigenvalue weighted by atomic mass is 19.4. The molecule has 0 aromatic heterocycles. The molecule has 0 spiro atoms. The summed E-state index contributed by atoms with van der Waals surface area (Å²) in [7, 11) is 1.28. The van der Waals surface area contributed by atoms with Crippen LogP contribution in [0.25, 0.3) is 0 Å². The Balaban J connectivity index is 2.10. The number of methoxy groups -OCH3 is 1. The lowest BCUT2D eigenvalue weighted by Gasteiger charge is -2.50. The van der Waals surface area contributed by atoms with Gasteiger partial charge in [-0.05, 0) is 62.8 Å². The standard InChI is InChI=1S/C27H32F6N2O3/c1-24(2,3)38-23(36)35-14-8-11-20(25(35,34)19-9-6-5-7-10-19)16-18-15-17(12-13-21(18)37-4)22(26(28,29)30)27(31,32)33/h5-7,9-10,12-13,15,20,22H,8,11,14,16,34H2,1-4H3/t20-,25+/m0/s1. The first kappa shape index (κ1) is 29.6. The van der Waals surface area contributed by atoms with E-state index in [1.807, 2.05) is 0 Å². The number of carbonyl (C=O) groups excluding carboxylic acids is 1. The second kappa shape index (κ2) is 10.7. The van der Waals surface area contributed by atoms with E-state index in [9.17, 15) is 31.1 Å². The number of halogens is 6. The fourth-order valence-electron chi connectivity index (χ4n) is 5.00. The summed E-state index contributed by atoms with van der Waals surface area (Å²) < 4.78 is 91.7. The average molecular weight is 547 g/mol. The summed E-state index contributed by atoms with van der Waals surface area (Å²) in [6.07, 6.45) is -10.8. The van der Waals surface area contributed by atoms with Crippen LogP contribution in [0.5, 0.6) is 5.75 Å². The third-order valence-electron chi connectivity index (χ3n) is 6.61. The van der Waals surface area contributed by atoms with Crippen molar-refractivity contribution < 1.29 is 40.6 Å². The molecule has 210 valence electrons. The molecule has 0 saturated carbocycles. The number of piperidine rings is 1. The average Bonchev–Trinajstić information content (AvgIpc) is 2.78. The van der Waals surface area contributed by atoms with Gasteiger partial charge in [-0.15, -0.1) is 0 Å². The molecule has 1 amide bonds. The van der Waals surface area contributed by atoms with Crippen molar-refractivity contribution >= 4 is 6.09 Å². The quantitative estimate of drug-likeness (QED) is 0.414. The summed E-state index contributed by atoms with van der Waals surface area (Å²) in [5.41, 5.74) is 4.48. The van der Waals surface area contributed by atoms with Crippen molar-refractivity contribution in [1.29, 1.82) is 0 Å². The summed E-state index contributed by atoms with van der Waals surface area (Å²) >= 11 is 0. The number of nitrogens with zero attached hydrogens (tertiary/aromatic N) is 1. The Morgan fingerprint density at radius 1 is 1.05 bits per heavy atom. The number of benzene rings is 2. The summed E-state index contributed by atoms with van der Waals surface area (Å²) in [6.45, 7) is 5.39. The highest BCUT2D eigenvalue weighted by Gasteiger charge is 2.57. The van der Waals surface area contributed by atoms with E-state index in [-0.39, 0.29) is 24.3 Å². The van der Waals surface area contributed by atoms with Crippen LogP contribution in [0, 0.1) is 5.92 Å². The van der Waals surface area contributed by atoms with E-state index >= 15 is 0 Å². The number of alkyl halides is 6. The normalized spacial score (nSPS) is 20.9. The maximum absolute atomic E-state index is 13.5. The van der Waals surface area contributed by atoms with Gasteiger partial charge in [0.15, 0.2) is 5.92 Å². The molecule has 1 aliphatic rings. The van der Waals surface area contributed by atoms with Gasteiger partial charge >= 0.3 is 18.4 Å². The van der Waals surface area contributed by atoms with Crippen LogP contribution in [0.4, 0.5) is 31.1 Å². The largest absolute Gasteiger partial charge is 0.496 e. The van der Waals surface area contributed by atoms with Crippen LogP contribution in [0.1, 0.15) is 56.2 Å². The van der Waals surface area contributed by atoms with Gasteiger partial charge in [-0.3, -0.25) is 4.90 Å². The zero-order chi connectivity index (χ0) is 28.5. The Kier molecular flexibility index (Phi) is 8.31. The number of carbonyl (C=O) groups is 1. The van der Waals surface area contributed by atoms with Gasteiger partial charge in [0, 0.05) is 12.5 Å². The molecule has 1 heterocycles. The summed E-state index contributed by atoms with van der Waals surface area (Å²) in [4.78, 5) is 14.6. The van der Waals surface area contributed by atoms with E-state index in [4.69, 9.17) is 15.2 Å². The summed E-state index contributed by atoms with van der Waals surface area (Å²) in [5.74, 6) is -4.10. The molecule has 38 heavy (non-hydrogen) atoms. The fourth-order valence-corrected chi connectivity index (χ4v) is 5.00. The monoisotopic (exact) mass is 546 g/mol. The molecular formula is C27H32F6N2O3. The molecule has 11 heteroatoms. The predicted molar refractivity (Wildman–Crippen MR) is 130 cm³/mol. The number of hydrogen-bond acceptors (Lipinski definition) is 4. The lowest BCUT2D eigenvalue weighted by atomic mass is 9.75. The Labute approximate surface area is 217 Å². The third-order valence-corrected chi connectivity index (χ3v) is 6.61. The highest BCUT2D eigenvalue weighted by molar-refractivity contribution is 5.70. The summed E-state index contributed by atoms with van der Waals surface area (Å²) in [6, 6.07) is 11.5. The topological polar surface area (TPSA) is 64.8 Å². The Morgan fingerprint density at radius 3 is 2.18 bits per heavy atom. The molecular weight excluding hydrogens is 514 g/mol. The second-order valence-electron chi connectivity index (χ2n) is 10.5. The van der Waals surface area contributed by atoms with Crippen molar-refractivity contribution in [3.63, 3.8) is 0 Å². The molecule has 2 atom stereocenters. The van der Waals surface area contributed by atoms with Gasteiger partial charge < -0.3 is 15.2 Å². The van der Waals surface area contributed by atoms with Crippen LogP contribution in [-0.2, 0) is 16.8 Å². The van der Waals surface area contributed by atoms with Gasteiger partial charge in [-0.1, -0.05) is 42.5 Å². The molecule has 0 bridgehead atoms. The predicted octanol–water partition coefficient (Wildman–Crippen LogP) is 6.90. The highest BCUT2D eigenvalue weighted by Crippen LogP contribution is 2.48. The molecule has 1 aliphatic heterocycles. The Bertz CT molecular complexity index is 1100. The molecule has 2 aromatic carbocycles. The first-order valence-electron chi connectivity index (χ1n) is 12.1. The van der Waals surface area contributed by atoms with Crippen LogP contribution in [0.3, 0.4) is 0 Å². The second-order valence-corrected chi connectivity index (χ2v) is 10.5. The fraction of sp³-hybridized carbons (Fsp3) is 0.519. The van der Waals surface area contributed by atoms with Crippen LogP contribution in [0.2, 0.25) is 0 Å². The Hall–Kier alpha value is -2.95. The van der Waals surface area contributed by atoms with Crippen molar-refractivity contribution in [3.05, 3.63) is 65.2 Å². The first-order valence-corrected chi connectivity index (χ1v) is 12.1. The van der Waals surface area contributed by atoms with E-state index < -0.39 is 47.1 Å². The van der Waals surface area contributed by atoms with Gasteiger partial charge in [0.1, 0.15) is 17.0 Å². The SMILES string of the molecule is COc1ccc(C(C(F)(F)F)C(F)(F)F)cc1C[C@@H]1CCCN(C(=O)OC(C)(C)C)[C@]1(N)c1ccccc1. The molecule has 5 nitrogen and oxygen atoms in total. The minimum atomic E-state index is -5.54. The maximum Gasteiger partial charge on any atom is 0.412 e. The van der Waals surface area contributed by atoms with Gasteiger partial charge in [0.05, 0.1) is 7.11 Å². The smallest absolute Gasteiger partial charge is 0.412 e. The molecule has 0 radical (unpaired) electrons. The number of amides is 1. The molecule has 0 unspecified atom stereocenters. The van der Waals surface area contributed by atoms with Crippen LogP contribution < -0.4 is 10.5 Å². The molecule has 1 saturated heterocycles. The maximum atomic E-state index is 13.5. The lowest BCUT2D eigenvalue weighted by molar-refractivity contribution is -0.253. The van der Waals surface area contributed by atoms with Crippen LogP contribution >= 0.6 is 0 Å². The minimum Gasteiger partial charge on any atom is -0.496 e. The molecule has 2 N–H and O–H groups in total. The number of nitrogens with two attached hydrogens (primary N) is 1. The van der Waals surface area contributed by atoms with Crippen molar-refractivity contribution in [2.75, 3.05) is 13.7 Å². The number of rotatable bonds is 5. The van der Waals surface area contributed by atoms with E-state index in [1.54, 1.807) is 51.1 Å².